The average Bonchev–Trinajstić information content (AvgIpc) is 3.45. The van der Waals surface area contributed by atoms with Crippen LogP contribution in [0.1, 0.15) is 71.2 Å². The van der Waals surface area contributed by atoms with Crippen LogP contribution in [-0.2, 0) is 17.8 Å². The van der Waals surface area contributed by atoms with Crippen LogP contribution >= 0.6 is 0 Å². The Kier molecular flexibility index (Phi) is 8.72. The molecule has 194 valence electrons. The Morgan fingerprint density at radius 2 is 1.81 bits per heavy atom. The molecule has 0 saturated heterocycles. The number of hydrogen-bond donors (Lipinski definition) is 3. The fraction of sp³-hybridized carbons (Fsp3) is 0.379. The number of amides is 3. The standard InChI is InChI=1S/C29H34N4O4/c1-3-19-14-15-31-23(17-19)27(34)32-18-20-8-7-11-22(16-20)24-12-13-25(37-24)28(35)33-26(29(36)30-2)21-9-5-4-6-10-21/h7-8,11-17,21,26H,3-6,9-10,18H2,1-2H3,(H,30,36)(H,32,34)(H,33,35)/t26-/m0/s1. The van der Waals surface area contributed by atoms with Crippen LogP contribution in [0, 0.1) is 5.92 Å². The fourth-order valence-corrected chi connectivity index (χ4v) is 4.77. The molecule has 3 aromatic rings. The minimum absolute atomic E-state index is 0.124. The second kappa shape index (κ2) is 12.3. The molecule has 0 radical (unpaired) electrons. The van der Waals surface area contributed by atoms with Gasteiger partial charge in [-0.3, -0.25) is 19.4 Å². The number of nitrogens with zero attached hydrogens (tertiary/aromatic N) is 1. The third kappa shape index (κ3) is 6.64. The number of rotatable bonds is 9. The lowest BCUT2D eigenvalue weighted by atomic mass is 9.83. The van der Waals surface area contributed by atoms with E-state index in [9.17, 15) is 14.4 Å². The summed E-state index contributed by atoms with van der Waals surface area (Å²) in [6, 6.07) is 14.0. The zero-order valence-corrected chi connectivity index (χ0v) is 21.4. The summed E-state index contributed by atoms with van der Waals surface area (Å²) in [5.74, 6) is -0.0148. The Labute approximate surface area is 217 Å². The number of nitrogens with one attached hydrogen (secondary N) is 3. The molecule has 3 N–H and O–H groups in total. The SMILES string of the molecule is CCc1ccnc(C(=O)NCc2cccc(-c3ccc(C(=O)N[C@H](C(=O)NC)C4CCCCC4)o3)c2)c1. The predicted molar refractivity (Wildman–Crippen MR) is 141 cm³/mol. The number of carbonyl (C=O) groups excluding carboxylic acids is 3. The molecule has 1 saturated carbocycles. The van der Waals surface area contributed by atoms with E-state index in [4.69, 9.17) is 4.42 Å². The first-order valence-corrected chi connectivity index (χ1v) is 12.9. The summed E-state index contributed by atoms with van der Waals surface area (Å²) in [6.45, 7) is 2.36. The van der Waals surface area contributed by atoms with Crippen LogP contribution < -0.4 is 16.0 Å². The molecule has 8 heteroatoms. The lowest BCUT2D eigenvalue weighted by molar-refractivity contribution is -0.124. The van der Waals surface area contributed by atoms with Crippen LogP contribution in [0.25, 0.3) is 11.3 Å². The van der Waals surface area contributed by atoms with Gasteiger partial charge in [0.05, 0.1) is 0 Å². The van der Waals surface area contributed by atoms with Gasteiger partial charge in [0.15, 0.2) is 5.76 Å². The van der Waals surface area contributed by atoms with Crippen molar-refractivity contribution in [2.45, 2.75) is 58.0 Å². The first-order chi connectivity index (χ1) is 18.0. The minimum Gasteiger partial charge on any atom is -0.451 e. The molecule has 1 atom stereocenters. The molecule has 0 bridgehead atoms. The molecule has 8 nitrogen and oxygen atoms in total. The Balaban J connectivity index is 1.41. The number of pyridine rings is 1. The summed E-state index contributed by atoms with van der Waals surface area (Å²) < 4.78 is 5.87. The van der Waals surface area contributed by atoms with E-state index in [0.29, 0.717) is 18.0 Å². The van der Waals surface area contributed by atoms with Crippen LogP contribution in [-0.4, -0.2) is 35.8 Å². The zero-order chi connectivity index (χ0) is 26.2. The highest BCUT2D eigenvalue weighted by atomic mass is 16.4. The number of benzene rings is 1. The maximum Gasteiger partial charge on any atom is 0.287 e. The third-order valence-electron chi connectivity index (χ3n) is 6.90. The summed E-state index contributed by atoms with van der Waals surface area (Å²) >= 11 is 0. The average molecular weight is 503 g/mol. The van der Waals surface area contributed by atoms with Gasteiger partial charge in [-0.05, 0) is 66.6 Å². The minimum atomic E-state index is -0.578. The second-order valence-electron chi connectivity index (χ2n) is 9.41. The molecular formula is C29H34N4O4. The molecular weight excluding hydrogens is 468 g/mol. The van der Waals surface area contributed by atoms with Gasteiger partial charge < -0.3 is 20.4 Å². The summed E-state index contributed by atoms with van der Waals surface area (Å²) in [7, 11) is 1.59. The van der Waals surface area contributed by atoms with Gasteiger partial charge >= 0.3 is 0 Å². The van der Waals surface area contributed by atoms with Gasteiger partial charge in [0.25, 0.3) is 11.8 Å². The van der Waals surface area contributed by atoms with Crippen molar-refractivity contribution in [3.63, 3.8) is 0 Å². The van der Waals surface area contributed by atoms with Crippen molar-refractivity contribution in [2.75, 3.05) is 7.05 Å². The van der Waals surface area contributed by atoms with E-state index in [0.717, 1.165) is 55.2 Å². The number of likely N-dealkylation sites (N-methyl/N-ethyl adjacent to an activating group) is 1. The van der Waals surface area contributed by atoms with Gasteiger partial charge in [-0.15, -0.1) is 0 Å². The van der Waals surface area contributed by atoms with Gasteiger partial charge in [-0.1, -0.05) is 44.4 Å². The van der Waals surface area contributed by atoms with Gasteiger partial charge in [0, 0.05) is 25.4 Å². The van der Waals surface area contributed by atoms with Gasteiger partial charge in [-0.25, -0.2) is 0 Å². The van der Waals surface area contributed by atoms with E-state index in [1.807, 2.05) is 37.3 Å². The monoisotopic (exact) mass is 502 g/mol. The lowest BCUT2D eigenvalue weighted by Gasteiger charge is -2.29. The van der Waals surface area contributed by atoms with Crippen LogP contribution in [0.15, 0.2) is 59.1 Å². The summed E-state index contributed by atoms with van der Waals surface area (Å²) in [5.41, 5.74) is 3.12. The molecule has 37 heavy (non-hydrogen) atoms. The van der Waals surface area contributed by atoms with E-state index in [1.165, 1.54) is 0 Å². The van der Waals surface area contributed by atoms with E-state index in [1.54, 1.807) is 31.4 Å². The van der Waals surface area contributed by atoms with Crippen molar-refractivity contribution >= 4 is 17.7 Å². The smallest absolute Gasteiger partial charge is 0.287 e. The largest absolute Gasteiger partial charge is 0.451 e. The van der Waals surface area contributed by atoms with Crippen LogP contribution in [0.4, 0.5) is 0 Å². The number of aromatic nitrogens is 1. The first kappa shape index (κ1) is 26.1. The summed E-state index contributed by atoms with van der Waals surface area (Å²) in [4.78, 5) is 42.1. The van der Waals surface area contributed by atoms with Gasteiger partial charge in [-0.2, -0.15) is 0 Å². The molecule has 0 spiro atoms. The van der Waals surface area contributed by atoms with E-state index in [2.05, 4.69) is 20.9 Å². The van der Waals surface area contributed by atoms with Gasteiger partial charge in [0.2, 0.25) is 5.91 Å². The number of carbonyl (C=O) groups is 3. The van der Waals surface area contributed by atoms with Crippen molar-refractivity contribution in [1.82, 2.24) is 20.9 Å². The van der Waals surface area contributed by atoms with Crippen molar-refractivity contribution in [2.24, 2.45) is 5.92 Å². The highest BCUT2D eigenvalue weighted by molar-refractivity contribution is 5.96. The van der Waals surface area contributed by atoms with E-state index >= 15 is 0 Å². The van der Waals surface area contributed by atoms with E-state index < -0.39 is 11.9 Å². The Morgan fingerprint density at radius 1 is 1.00 bits per heavy atom. The molecule has 4 rings (SSSR count). The fourth-order valence-electron chi connectivity index (χ4n) is 4.77. The normalized spacial score (nSPS) is 14.5. The molecule has 2 aromatic heterocycles. The zero-order valence-electron chi connectivity index (χ0n) is 21.4. The summed E-state index contributed by atoms with van der Waals surface area (Å²) in [6.07, 6.45) is 7.62. The Bertz CT molecular complexity index is 1250. The van der Waals surface area contributed by atoms with Crippen molar-refractivity contribution < 1.29 is 18.8 Å². The highest BCUT2D eigenvalue weighted by Gasteiger charge is 2.31. The molecule has 1 aliphatic carbocycles. The predicted octanol–water partition coefficient (Wildman–Crippen LogP) is 4.26. The quantitative estimate of drug-likeness (QED) is 0.405. The van der Waals surface area contributed by atoms with E-state index in [-0.39, 0.29) is 23.5 Å². The van der Waals surface area contributed by atoms with Crippen molar-refractivity contribution in [3.05, 3.63) is 77.3 Å². The molecule has 1 fully saturated rings. The van der Waals surface area contributed by atoms with Gasteiger partial charge in [0.1, 0.15) is 17.5 Å². The first-order valence-electron chi connectivity index (χ1n) is 12.9. The van der Waals surface area contributed by atoms with Crippen LogP contribution in [0.5, 0.6) is 0 Å². The number of furan rings is 1. The number of hydrogen-bond acceptors (Lipinski definition) is 5. The lowest BCUT2D eigenvalue weighted by Crippen LogP contribution is -2.50. The molecule has 3 amide bonds. The Hall–Kier alpha value is -3.94. The topological polar surface area (TPSA) is 113 Å². The molecule has 1 aromatic carbocycles. The molecule has 1 aliphatic rings. The highest BCUT2D eigenvalue weighted by Crippen LogP contribution is 2.28. The van der Waals surface area contributed by atoms with Crippen LogP contribution in [0.3, 0.4) is 0 Å². The molecule has 0 aliphatic heterocycles. The number of aryl methyl sites for hydroxylation is 1. The maximum atomic E-state index is 12.9. The van der Waals surface area contributed by atoms with Crippen LogP contribution in [0.2, 0.25) is 0 Å². The third-order valence-corrected chi connectivity index (χ3v) is 6.90. The summed E-state index contributed by atoms with van der Waals surface area (Å²) in [5, 5.41) is 8.47. The van der Waals surface area contributed by atoms with Crippen molar-refractivity contribution in [1.29, 1.82) is 0 Å². The second-order valence-corrected chi connectivity index (χ2v) is 9.41. The Morgan fingerprint density at radius 3 is 2.57 bits per heavy atom. The van der Waals surface area contributed by atoms with Crippen molar-refractivity contribution in [3.8, 4) is 11.3 Å². The maximum absolute atomic E-state index is 12.9. The molecule has 0 unspecified atom stereocenters. The molecule has 2 heterocycles.